The highest BCUT2D eigenvalue weighted by Crippen LogP contribution is 2.14. The molecule has 0 saturated heterocycles. The molecule has 3 rings (SSSR count). The molecule has 2 amide bonds. The Hall–Kier alpha value is -3.29. The molecule has 0 aromatic carbocycles. The van der Waals surface area contributed by atoms with Gasteiger partial charge in [0, 0.05) is 20.2 Å². The maximum absolute atomic E-state index is 12.4. The quantitative estimate of drug-likeness (QED) is 0.774. The van der Waals surface area contributed by atoms with E-state index < -0.39 is 5.91 Å². The number of carbonyl (C=O) groups excluding carboxylic acids is 2. The molecule has 0 unspecified atom stereocenters. The Balaban J connectivity index is 1.71. The Morgan fingerprint density at radius 1 is 1.25 bits per heavy atom. The molecule has 124 valence electrons. The van der Waals surface area contributed by atoms with Gasteiger partial charge >= 0.3 is 0 Å². The summed E-state index contributed by atoms with van der Waals surface area (Å²) in [6.07, 6.45) is 2.97. The van der Waals surface area contributed by atoms with E-state index >= 15 is 0 Å². The third-order valence-corrected chi connectivity index (χ3v) is 3.41. The Kier molecular flexibility index (Phi) is 4.19. The minimum Gasteiger partial charge on any atom is -0.467 e. The average Bonchev–Trinajstić information content (AvgIpc) is 3.29. The molecule has 0 aliphatic carbocycles. The molecule has 0 aliphatic rings. The number of aryl methyl sites for hydroxylation is 1. The molecule has 0 atom stereocenters. The van der Waals surface area contributed by atoms with Crippen molar-refractivity contribution in [3.63, 3.8) is 0 Å². The molecule has 0 aliphatic heterocycles. The molecule has 0 radical (unpaired) electrons. The molecule has 1 N–H and O–H groups in total. The first-order valence-corrected chi connectivity index (χ1v) is 7.21. The Labute approximate surface area is 137 Å². The molecule has 3 aromatic heterocycles. The molecule has 0 spiro atoms. The van der Waals surface area contributed by atoms with Crippen molar-refractivity contribution in [3.05, 3.63) is 60.1 Å². The third kappa shape index (κ3) is 3.22. The van der Waals surface area contributed by atoms with Gasteiger partial charge in [-0.2, -0.15) is 5.10 Å². The van der Waals surface area contributed by atoms with Crippen LogP contribution in [0.15, 0.2) is 51.7 Å². The summed E-state index contributed by atoms with van der Waals surface area (Å²) in [7, 11) is 3.29. The third-order valence-electron chi connectivity index (χ3n) is 3.41. The van der Waals surface area contributed by atoms with Gasteiger partial charge in [0.2, 0.25) is 0 Å². The number of rotatable bonds is 5. The second kappa shape index (κ2) is 6.45. The second-order valence-corrected chi connectivity index (χ2v) is 5.21. The van der Waals surface area contributed by atoms with E-state index in [1.807, 2.05) is 0 Å². The van der Waals surface area contributed by atoms with Crippen molar-refractivity contribution in [1.82, 2.24) is 14.7 Å². The lowest BCUT2D eigenvalue weighted by Crippen LogP contribution is -2.26. The van der Waals surface area contributed by atoms with Crippen molar-refractivity contribution in [2.45, 2.75) is 6.54 Å². The highest BCUT2D eigenvalue weighted by Gasteiger charge is 2.19. The van der Waals surface area contributed by atoms with E-state index in [4.69, 9.17) is 8.83 Å². The van der Waals surface area contributed by atoms with Gasteiger partial charge in [0.05, 0.1) is 19.1 Å². The number of aromatic nitrogens is 2. The number of hydrogen-bond donors (Lipinski definition) is 1. The van der Waals surface area contributed by atoms with Crippen molar-refractivity contribution in [1.29, 1.82) is 0 Å². The van der Waals surface area contributed by atoms with E-state index in [1.165, 1.54) is 21.9 Å². The number of carbonyl (C=O) groups is 2. The first-order chi connectivity index (χ1) is 11.5. The first kappa shape index (κ1) is 15.6. The fraction of sp³-hybridized carbons (Fsp3) is 0.188. The predicted octanol–water partition coefficient (Wildman–Crippen LogP) is 2.13. The minimum absolute atomic E-state index is 0.180. The number of amides is 2. The summed E-state index contributed by atoms with van der Waals surface area (Å²) in [5.41, 5.74) is 0.223. The average molecular weight is 328 g/mol. The molecule has 0 saturated carbocycles. The van der Waals surface area contributed by atoms with Crippen LogP contribution >= 0.6 is 0 Å². The minimum atomic E-state index is -0.411. The smallest absolute Gasteiger partial charge is 0.292 e. The molecule has 0 fully saturated rings. The van der Waals surface area contributed by atoms with Gasteiger partial charge in [-0.15, -0.1) is 0 Å². The Bertz CT molecular complexity index is 834. The van der Waals surface area contributed by atoms with Gasteiger partial charge in [-0.05, 0) is 24.3 Å². The molecule has 0 bridgehead atoms. The summed E-state index contributed by atoms with van der Waals surface area (Å²) in [5, 5.41) is 6.80. The van der Waals surface area contributed by atoms with Gasteiger partial charge < -0.3 is 19.1 Å². The lowest BCUT2D eigenvalue weighted by molar-refractivity contribution is 0.0768. The van der Waals surface area contributed by atoms with E-state index in [2.05, 4.69) is 10.4 Å². The van der Waals surface area contributed by atoms with E-state index in [0.29, 0.717) is 18.1 Å². The summed E-state index contributed by atoms with van der Waals surface area (Å²) in [6, 6.07) is 8.24. The second-order valence-electron chi connectivity index (χ2n) is 5.21. The zero-order valence-electron chi connectivity index (χ0n) is 13.2. The maximum Gasteiger partial charge on any atom is 0.292 e. The number of anilines is 1. The van der Waals surface area contributed by atoms with E-state index in [1.54, 1.807) is 44.6 Å². The summed E-state index contributed by atoms with van der Waals surface area (Å²) < 4.78 is 11.7. The van der Waals surface area contributed by atoms with E-state index in [9.17, 15) is 9.59 Å². The summed E-state index contributed by atoms with van der Waals surface area (Å²) >= 11 is 0. The van der Waals surface area contributed by atoms with Crippen LogP contribution in [0.3, 0.4) is 0 Å². The van der Waals surface area contributed by atoms with Gasteiger partial charge in [0.25, 0.3) is 11.8 Å². The van der Waals surface area contributed by atoms with Crippen molar-refractivity contribution in [2.75, 3.05) is 12.4 Å². The van der Waals surface area contributed by atoms with Crippen LogP contribution in [0.25, 0.3) is 0 Å². The molecule has 3 aromatic rings. The van der Waals surface area contributed by atoms with Crippen molar-refractivity contribution in [2.24, 2.45) is 7.05 Å². The summed E-state index contributed by atoms with van der Waals surface area (Å²) in [4.78, 5) is 25.9. The molecular weight excluding hydrogens is 312 g/mol. The molecule has 3 heterocycles. The molecule has 8 heteroatoms. The van der Waals surface area contributed by atoms with Crippen molar-refractivity contribution < 1.29 is 18.4 Å². The SMILES string of the molecule is CN(Cc1ccco1)C(=O)c1cc(NC(=O)c2ccco2)n(C)n1. The zero-order valence-corrected chi connectivity index (χ0v) is 13.2. The monoisotopic (exact) mass is 328 g/mol. The topological polar surface area (TPSA) is 93.5 Å². The molecule has 24 heavy (non-hydrogen) atoms. The van der Waals surface area contributed by atoms with Crippen LogP contribution in [0, 0.1) is 0 Å². The van der Waals surface area contributed by atoms with Crippen molar-refractivity contribution >= 4 is 17.6 Å². The molecular formula is C16H16N4O4. The largest absolute Gasteiger partial charge is 0.467 e. The van der Waals surface area contributed by atoms with Crippen LogP contribution in [-0.4, -0.2) is 33.5 Å². The fourth-order valence-corrected chi connectivity index (χ4v) is 2.18. The number of furan rings is 2. The van der Waals surface area contributed by atoms with Gasteiger partial charge in [-0.1, -0.05) is 0 Å². The van der Waals surface area contributed by atoms with Crippen LogP contribution in [-0.2, 0) is 13.6 Å². The van der Waals surface area contributed by atoms with Gasteiger partial charge in [0.15, 0.2) is 11.5 Å². The highest BCUT2D eigenvalue weighted by molar-refractivity contribution is 6.02. The van der Waals surface area contributed by atoms with Crippen LogP contribution in [0.5, 0.6) is 0 Å². The van der Waals surface area contributed by atoms with E-state index in [-0.39, 0.29) is 17.4 Å². The van der Waals surface area contributed by atoms with Gasteiger partial charge in [-0.3, -0.25) is 14.3 Å². The van der Waals surface area contributed by atoms with Crippen LogP contribution in [0.1, 0.15) is 26.8 Å². The van der Waals surface area contributed by atoms with Gasteiger partial charge in [0.1, 0.15) is 11.6 Å². The highest BCUT2D eigenvalue weighted by atomic mass is 16.3. The summed E-state index contributed by atoms with van der Waals surface area (Å²) in [6.45, 7) is 0.330. The van der Waals surface area contributed by atoms with Gasteiger partial charge in [-0.25, -0.2) is 0 Å². The maximum atomic E-state index is 12.4. The number of nitrogens with zero attached hydrogens (tertiary/aromatic N) is 3. The Morgan fingerprint density at radius 2 is 2.00 bits per heavy atom. The Morgan fingerprint density at radius 3 is 2.67 bits per heavy atom. The molecule has 8 nitrogen and oxygen atoms in total. The van der Waals surface area contributed by atoms with E-state index in [0.717, 1.165) is 0 Å². The van der Waals surface area contributed by atoms with Crippen LogP contribution in [0.4, 0.5) is 5.82 Å². The number of hydrogen-bond acceptors (Lipinski definition) is 5. The van der Waals surface area contributed by atoms with Crippen molar-refractivity contribution in [3.8, 4) is 0 Å². The lowest BCUT2D eigenvalue weighted by atomic mass is 10.3. The fourth-order valence-electron chi connectivity index (χ4n) is 2.18. The zero-order chi connectivity index (χ0) is 17.1. The summed E-state index contributed by atoms with van der Waals surface area (Å²) in [5.74, 6) is 0.560. The number of nitrogens with one attached hydrogen (secondary N) is 1. The normalized spacial score (nSPS) is 10.6. The predicted molar refractivity (Wildman–Crippen MR) is 84.4 cm³/mol. The lowest BCUT2D eigenvalue weighted by Gasteiger charge is -2.13. The van der Waals surface area contributed by atoms with Crippen LogP contribution in [0.2, 0.25) is 0 Å². The van der Waals surface area contributed by atoms with Crippen LogP contribution < -0.4 is 5.32 Å². The standard InChI is InChI=1S/C16H16N4O4/c1-19(10-11-5-3-7-23-11)16(22)12-9-14(20(2)18-12)17-15(21)13-6-4-8-24-13/h3-9H,10H2,1-2H3,(H,17,21). The first-order valence-electron chi connectivity index (χ1n) is 7.21.